The first-order valence-corrected chi connectivity index (χ1v) is 9.40. The number of rotatable bonds is 3. The maximum atomic E-state index is 5.16. The predicted molar refractivity (Wildman–Crippen MR) is 95.1 cm³/mol. The normalized spacial score (nSPS) is 46.0. The van der Waals surface area contributed by atoms with Gasteiger partial charge in [0.2, 0.25) is 0 Å². The molecule has 18 heavy (non-hydrogen) atoms. The quantitative estimate of drug-likeness (QED) is 0.538. The fourth-order valence-electron chi connectivity index (χ4n) is 3.79. The molecule has 106 valence electrons. The summed E-state index contributed by atoms with van der Waals surface area (Å²) in [7, 11) is 0. The van der Waals surface area contributed by atoms with E-state index in [1.807, 2.05) is 0 Å². The molecule has 2 fully saturated rings. The molecule has 2 aliphatic carbocycles. The molecule has 0 saturated heterocycles. The van der Waals surface area contributed by atoms with E-state index in [1.54, 1.807) is 0 Å². The zero-order chi connectivity index (χ0) is 13.2. The minimum atomic E-state index is 0.204. The van der Waals surface area contributed by atoms with Gasteiger partial charge in [-0.25, -0.2) is 0 Å². The number of hydrogen-bond donors (Lipinski definition) is 4. The Morgan fingerprint density at radius 1 is 0.889 bits per heavy atom. The van der Waals surface area contributed by atoms with Crippen molar-refractivity contribution >= 4 is 50.5 Å². The third-order valence-corrected chi connectivity index (χ3v) is 7.95. The van der Waals surface area contributed by atoms with Gasteiger partial charge in [-0.05, 0) is 74.2 Å². The van der Waals surface area contributed by atoms with Gasteiger partial charge in [-0.15, -0.1) is 0 Å². The van der Waals surface area contributed by atoms with Gasteiger partial charge in [0.05, 0.1) is 0 Å². The lowest BCUT2D eigenvalue weighted by Gasteiger charge is -2.53. The highest BCUT2D eigenvalue weighted by Crippen LogP contribution is 2.56. The van der Waals surface area contributed by atoms with E-state index in [1.165, 1.54) is 51.4 Å². The molecule has 0 unspecified atom stereocenters. The summed E-state index contributed by atoms with van der Waals surface area (Å²) in [5, 5.41) is 0.594. The Hall–Kier alpha value is 1.40. The van der Waals surface area contributed by atoms with Gasteiger partial charge in [0, 0.05) is 10.00 Å². The molecule has 0 heterocycles. The van der Waals surface area contributed by atoms with Crippen molar-refractivity contribution < 1.29 is 0 Å². The summed E-state index contributed by atoms with van der Waals surface area (Å²) in [5.74, 6) is 2.85. The summed E-state index contributed by atoms with van der Waals surface area (Å²) in [5.41, 5.74) is 0.354. The van der Waals surface area contributed by atoms with Gasteiger partial charge in [0.15, 0.2) is 0 Å². The van der Waals surface area contributed by atoms with Crippen LogP contribution in [-0.2, 0) is 0 Å². The van der Waals surface area contributed by atoms with Crippen molar-refractivity contribution in [2.24, 2.45) is 11.3 Å². The number of thiol groups is 4. The predicted octanol–water partition coefficient (Wildman–Crippen LogP) is 4.56. The average Bonchev–Trinajstić information content (AvgIpc) is 2.42. The number of hydrogen-bond acceptors (Lipinski definition) is 4. The first kappa shape index (κ1) is 15.8. The summed E-state index contributed by atoms with van der Waals surface area (Å²) in [6.45, 7) is 0. The minimum Gasteiger partial charge on any atom is -0.179 e. The molecular weight excluding hydrogens is 296 g/mol. The molecule has 0 aromatic heterocycles. The van der Waals surface area contributed by atoms with Gasteiger partial charge in [0.25, 0.3) is 0 Å². The fraction of sp³-hybridized carbons (Fsp3) is 1.00. The molecule has 2 saturated carbocycles. The van der Waals surface area contributed by atoms with Crippen molar-refractivity contribution in [3.05, 3.63) is 0 Å². The van der Waals surface area contributed by atoms with E-state index in [4.69, 9.17) is 25.3 Å². The Morgan fingerprint density at radius 2 is 1.44 bits per heavy atom. The Labute approximate surface area is 134 Å². The second kappa shape index (κ2) is 6.44. The van der Waals surface area contributed by atoms with Crippen molar-refractivity contribution in [1.82, 2.24) is 0 Å². The van der Waals surface area contributed by atoms with Crippen LogP contribution in [0.25, 0.3) is 0 Å². The molecule has 0 spiro atoms. The van der Waals surface area contributed by atoms with Gasteiger partial charge in [-0.3, -0.25) is 0 Å². The maximum absolute atomic E-state index is 5.16. The molecule has 2 rings (SSSR count). The summed E-state index contributed by atoms with van der Waals surface area (Å²) in [4.78, 5) is 0. The molecule has 4 heteroatoms. The highest BCUT2D eigenvalue weighted by Gasteiger charge is 2.50. The summed E-state index contributed by atoms with van der Waals surface area (Å²) >= 11 is 19.0. The minimum absolute atomic E-state index is 0.204. The molecule has 0 aliphatic heterocycles. The third kappa shape index (κ3) is 3.01. The zero-order valence-corrected chi connectivity index (χ0v) is 14.6. The Balaban J connectivity index is 2.08. The summed E-state index contributed by atoms with van der Waals surface area (Å²) in [6.07, 6.45) is 10.1. The SMILES string of the molecule is SCC1CCC(CS)(C2(S)CCC(S)CC2)CC1. The average molecular weight is 323 g/mol. The highest BCUT2D eigenvalue weighted by atomic mass is 32.1. The molecule has 0 amide bonds. The van der Waals surface area contributed by atoms with Gasteiger partial charge in [0.1, 0.15) is 0 Å². The first-order valence-electron chi connectivity index (χ1n) is 7.17. The second-order valence-corrected chi connectivity index (χ2v) is 8.59. The van der Waals surface area contributed by atoms with Crippen molar-refractivity contribution in [2.75, 3.05) is 11.5 Å². The zero-order valence-electron chi connectivity index (χ0n) is 11.0. The molecule has 0 bridgehead atoms. The van der Waals surface area contributed by atoms with Crippen LogP contribution >= 0.6 is 50.5 Å². The van der Waals surface area contributed by atoms with Crippen LogP contribution in [0.1, 0.15) is 51.4 Å². The largest absolute Gasteiger partial charge is 0.179 e. The standard InChI is InChI=1S/C14H26S4/c15-9-11-1-5-13(10-16,6-2-11)14(18)7-3-12(17)4-8-14/h11-12,15-18H,1-10H2. The van der Waals surface area contributed by atoms with Crippen LogP contribution in [0.2, 0.25) is 0 Å². The van der Waals surface area contributed by atoms with E-state index in [2.05, 4.69) is 25.3 Å². The molecule has 0 aromatic carbocycles. The van der Waals surface area contributed by atoms with Crippen LogP contribution in [0.5, 0.6) is 0 Å². The summed E-state index contributed by atoms with van der Waals surface area (Å²) in [6, 6.07) is 0. The monoisotopic (exact) mass is 322 g/mol. The van der Waals surface area contributed by atoms with Gasteiger partial charge in [-0.2, -0.15) is 50.5 Å². The van der Waals surface area contributed by atoms with Crippen LogP contribution in [0.4, 0.5) is 0 Å². The second-order valence-electron chi connectivity index (χ2n) is 6.33. The van der Waals surface area contributed by atoms with Gasteiger partial charge >= 0.3 is 0 Å². The maximum Gasteiger partial charge on any atom is 0.0194 e. The van der Waals surface area contributed by atoms with Crippen LogP contribution in [0.15, 0.2) is 0 Å². The molecule has 0 atom stereocenters. The third-order valence-electron chi connectivity index (χ3n) is 5.39. The molecule has 0 aromatic rings. The Bertz CT molecular complexity index is 263. The molecule has 0 N–H and O–H groups in total. The van der Waals surface area contributed by atoms with Gasteiger partial charge < -0.3 is 0 Å². The van der Waals surface area contributed by atoms with Crippen molar-refractivity contribution in [3.8, 4) is 0 Å². The first-order chi connectivity index (χ1) is 8.55. The van der Waals surface area contributed by atoms with Gasteiger partial charge in [-0.1, -0.05) is 0 Å². The Kier molecular flexibility index (Phi) is 5.65. The molecular formula is C14H26S4. The molecule has 0 radical (unpaired) electrons. The van der Waals surface area contributed by atoms with Crippen LogP contribution < -0.4 is 0 Å². The lowest BCUT2D eigenvalue weighted by Crippen LogP contribution is -2.50. The topological polar surface area (TPSA) is 0 Å². The van der Waals surface area contributed by atoms with Crippen LogP contribution in [0, 0.1) is 11.3 Å². The van der Waals surface area contributed by atoms with Crippen molar-refractivity contribution in [1.29, 1.82) is 0 Å². The Morgan fingerprint density at radius 3 is 1.89 bits per heavy atom. The lowest BCUT2D eigenvalue weighted by atomic mass is 9.60. The van der Waals surface area contributed by atoms with Crippen molar-refractivity contribution in [2.45, 2.75) is 61.4 Å². The fourth-order valence-corrected chi connectivity index (χ4v) is 5.72. The van der Waals surface area contributed by atoms with E-state index < -0.39 is 0 Å². The highest BCUT2D eigenvalue weighted by molar-refractivity contribution is 7.82. The van der Waals surface area contributed by atoms with E-state index in [0.29, 0.717) is 10.7 Å². The van der Waals surface area contributed by atoms with Crippen LogP contribution in [0.3, 0.4) is 0 Å². The summed E-state index contributed by atoms with van der Waals surface area (Å²) < 4.78 is 0.204. The van der Waals surface area contributed by atoms with E-state index in [9.17, 15) is 0 Å². The van der Waals surface area contributed by atoms with Crippen molar-refractivity contribution in [3.63, 3.8) is 0 Å². The van der Waals surface area contributed by atoms with Crippen LogP contribution in [-0.4, -0.2) is 21.5 Å². The van der Waals surface area contributed by atoms with E-state index >= 15 is 0 Å². The van der Waals surface area contributed by atoms with E-state index in [-0.39, 0.29) is 4.75 Å². The van der Waals surface area contributed by atoms with E-state index in [0.717, 1.165) is 17.4 Å². The molecule has 2 aliphatic rings. The lowest BCUT2D eigenvalue weighted by molar-refractivity contribution is 0.105. The smallest absolute Gasteiger partial charge is 0.0194 e. The molecule has 0 nitrogen and oxygen atoms in total.